The number of piperidine rings is 1. The first kappa shape index (κ1) is 14.8. The third-order valence-corrected chi connectivity index (χ3v) is 5.03. The van der Waals surface area contributed by atoms with Crippen molar-refractivity contribution in [2.24, 2.45) is 5.73 Å². The van der Waals surface area contributed by atoms with E-state index in [1.165, 1.54) is 37.9 Å². The third kappa shape index (κ3) is 3.23. The molecule has 2 aliphatic rings. The number of piperazine rings is 1. The lowest BCUT2D eigenvalue weighted by molar-refractivity contribution is 0.0286. The summed E-state index contributed by atoms with van der Waals surface area (Å²) in [5.74, 6) is 0.909. The molecule has 2 unspecified atom stereocenters. The van der Waals surface area contributed by atoms with Crippen LogP contribution in [0.25, 0.3) is 0 Å². The van der Waals surface area contributed by atoms with E-state index in [4.69, 9.17) is 10.5 Å². The summed E-state index contributed by atoms with van der Waals surface area (Å²) in [5, 5.41) is 0. The zero-order valence-corrected chi connectivity index (χ0v) is 13.0. The predicted octanol–water partition coefficient (Wildman–Crippen LogP) is 1.87. The lowest BCUT2D eigenvalue weighted by Gasteiger charge is -2.46. The van der Waals surface area contributed by atoms with Gasteiger partial charge in [0.2, 0.25) is 0 Å². The number of hydrogen-bond acceptors (Lipinski definition) is 4. The number of benzene rings is 1. The minimum absolute atomic E-state index is 0.333. The highest BCUT2D eigenvalue weighted by atomic mass is 16.5. The van der Waals surface area contributed by atoms with Crippen molar-refractivity contribution in [2.75, 3.05) is 39.8 Å². The maximum absolute atomic E-state index is 6.09. The van der Waals surface area contributed by atoms with E-state index in [9.17, 15) is 0 Å². The Morgan fingerprint density at radius 3 is 2.71 bits per heavy atom. The van der Waals surface area contributed by atoms with E-state index in [-0.39, 0.29) is 0 Å². The zero-order chi connectivity index (χ0) is 14.7. The molecular formula is C17H27N3O. The lowest BCUT2D eigenvalue weighted by atomic mass is 9.97. The topological polar surface area (TPSA) is 41.7 Å². The van der Waals surface area contributed by atoms with Gasteiger partial charge in [-0.15, -0.1) is 0 Å². The molecule has 0 spiro atoms. The predicted molar refractivity (Wildman–Crippen MR) is 85.6 cm³/mol. The second-order valence-corrected chi connectivity index (χ2v) is 6.21. The van der Waals surface area contributed by atoms with Gasteiger partial charge in [0.15, 0.2) is 0 Å². The Balaban J connectivity index is 1.70. The Morgan fingerprint density at radius 2 is 2.00 bits per heavy atom. The molecule has 2 atom stereocenters. The molecule has 2 N–H and O–H groups in total. The van der Waals surface area contributed by atoms with Gasteiger partial charge >= 0.3 is 0 Å². The number of rotatable bonds is 4. The van der Waals surface area contributed by atoms with Gasteiger partial charge in [-0.05, 0) is 37.1 Å². The molecule has 2 heterocycles. The van der Waals surface area contributed by atoms with E-state index in [0.717, 1.165) is 24.9 Å². The van der Waals surface area contributed by atoms with Crippen molar-refractivity contribution >= 4 is 0 Å². The summed E-state index contributed by atoms with van der Waals surface area (Å²) in [6.07, 6.45) is 4.09. The fourth-order valence-electron chi connectivity index (χ4n) is 3.79. The molecule has 1 aromatic carbocycles. The van der Waals surface area contributed by atoms with Gasteiger partial charge in [-0.3, -0.25) is 9.80 Å². The van der Waals surface area contributed by atoms with E-state index < -0.39 is 0 Å². The maximum atomic E-state index is 6.09. The van der Waals surface area contributed by atoms with Gasteiger partial charge < -0.3 is 10.5 Å². The third-order valence-electron chi connectivity index (χ3n) is 5.03. The first-order valence-electron chi connectivity index (χ1n) is 8.14. The number of nitrogens with zero attached hydrogens (tertiary/aromatic N) is 2. The van der Waals surface area contributed by atoms with Gasteiger partial charge in [-0.2, -0.15) is 0 Å². The van der Waals surface area contributed by atoms with Crippen molar-refractivity contribution in [3.8, 4) is 5.75 Å². The van der Waals surface area contributed by atoms with Gasteiger partial charge in [0, 0.05) is 38.3 Å². The Morgan fingerprint density at radius 1 is 1.19 bits per heavy atom. The smallest absolute Gasteiger partial charge is 0.118 e. The molecule has 0 aromatic heterocycles. The highest BCUT2D eigenvalue weighted by Gasteiger charge is 2.32. The average molecular weight is 289 g/mol. The molecule has 0 aliphatic carbocycles. The van der Waals surface area contributed by atoms with Gasteiger partial charge in [-0.1, -0.05) is 18.6 Å². The summed E-state index contributed by atoms with van der Waals surface area (Å²) in [6, 6.07) is 9.46. The van der Waals surface area contributed by atoms with Crippen LogP contribution in [0.15, 0.2) is 24.3 Å². The molecule has 3 rings (SSSR count). The zero-order valence-electron chi connectivity index (χ0n) is 13.0. The number of fused-ring (bicyclic) bond motifs is 1. The van der Waals surface area contributed by atoms with Crippen LogP contribution in [0.2, 0.25) is 0 Å². The van der Waals surface area contributed by atoms with Crippen LogP contribution in [0.5, 0.6) is 5.75 Å². The van der Waals surface area contributed by atoms with Crippen molar-refractivity contribution in [3.63, 3.8) is 0 Å². The second kappa shape index (κ2) is 6.77. The first-order valence-corrected chi connectivity index (χ1v) is 8.14. The molecule has 116 valence electrons. The van der Waals surface area contributed by atoms with Crippen LogP contribution in [0, 0.1) is 0 Å². The molecule has 2 aliphatic heterocycles. The Kier molecular flexibility index (Phi) is 4.78. The van der Waals surface area contributed by atoms with Crippen molar-refractivity contribution in [1.29, 1.82) is 0 Å². The summed E-state index contributed by atoms with van der Waals surface area (Å²) in [6.45, 7) is 5.45. The summed E-state index contributed by atoms with van der Waals surface area (Å²) in [4.78, 5) is 5.25. The molecule has 4 nitrogen and oxygen atoms in total. The van der Waals surface area contributed by atoms with Crippen molar-refractivity contribution in [1.82, 2.24) is 9.80 Å². The van der Waals surface area contributed by atoms with Gasteiger partial charge in [0.05, 0.1) is 7.11 Å². The Bertz CT molecular complexity index is 448. The summed E-state index contributed by atoms with van der Waals surface area (Å²) in [5.41, 5.74) is 7.40. The van der Waals surface area contributed by atoms with Crippen LogP contribution in [-0.4, -0.2) is 55.7 Å². The molecule has 4 heteroatoms. The van der Waals surface area contributed by atoms with E-state index >= 15 is 0 Å². The number of methoxy groups -OCH3 is 1. The van der Waals surface area contributed by atoms with Crippen molar-refractivity contribution in [2.45, 2.75) is 31.3 Å². The quantitative estimate of drug-likeness (QED) is 0.919. The largest absolute Gasteiger partial charge is 0.497 e. The lowest BCUT2D eigenvalue weighted by Crippen LogP contribution is -2.56. The number of hydrogen-bond donors (Lipinski definition) is 1. The SMILES string of the molecule is COc1ccc(C(CN)N2CCN3CCCCC3C2)cc1. The van der Waals surface area contributed by atoms with Gasteiger partial charge in [-0.25, -0.2) is 0 Å². The second-order valence-electron chi connectivity index (χ2n) is 6.21. The standard InChI is InChI=1S/C17H27N3O/c1-21-16-7-5-14(6-8-16)17(12-18)20-11-10-19-9-3-2-4-15(19)13-20/h5-8,15,17H,2-4,9-13,18H2,1H3. The number of nitrogens with two attached hydrogens (primary N) is 1. The monoisotopic (exact) mass is 289 g/mol. The average Bonchev–Trinajstić information content (AvgIpc) is 2.56. The molecule has 0 radical (unpaired) electrons. The highest BCUT2D eigenvalue weighted by Crippen LogP contribution is 2.28. The minimum atomic E-state index is 0.333. The molecule has 1 aromatic rings. The molecule has 2 saturated heterocycles. The molecule has 21 heavy (non-hydrogen) atoms. The fourth-order valence-corrected chi connectivity index (χ4v) is 3.79. The molecule has 0 bridgehead atoms. The van der Waals surface area contributed by atoms with E-state index in [1.807, 2.05) is 12.1 Å². The molecule has 0 amide bonds. The van der Waals surface area contributed by atoms with Crippen LogP contribution in [0.3, 0.4) is 0 Å². The molecular weight excluding hydrogens is 262 g/mol. The van der Waals surface area contributed by atoms with Crippen LogP contribution in [0.4, 0.5) is 0 Å². The summed E-state index contributed by atoms with van der Waals surface area (Å²) < 4.78 is 5.25. The van der Waals surface area contributed by atoms with Crippen LogP contribution < -0.4 is 10.5 Å². The van der Waals surface area contributed by atoms with Crippen molar-refractivity contribution < 1.29 is 4.74 Å². The maximum Gasteiger partial charge on any atom is 0.118 e. The van der Waals surface area contributed by atoms with Crippen LogP contribution in [0.1, 0.15) is 30.9 Å². The molecule has 0 saturated carbocycles. The Labute approximate surface area is 127 Å². The van der Waals surface area contributed by atoms with E-state index in [2.05, 4.69) is 21.9 Å². The van der Waals surface area contributed by atoms with Crippen molar-refractivity contribution in [3.05, 3.63) is 29.8 Å². The number of ether oxygens (including phenoxy) is 1. The summed E-state index contributed by atoms with van der Waals surface area (Å²) >= 11 is 0. The molecule has 2 fully saturated rings. The Hall–Kier alpha value is -1.10. The van der Waals surface area contributed by atoms with Gasteiger partial charge in [0.25, 0.3) is 0 Å². The van der Waals surface area contributed by atoms with Crippen LogP contribution >= 0.6 is 0 Å². The van der Waals surface area contributed by atoms with E-state index in [0.29, 0.717) is 12.6 Å². The minimum Gasteiger partial charge on any atom is -0.497 e. The first-order chi connectivity index (χ1) is 10.3. The summed E-state index contributed by atoms with van der Waals surface area (Å²) in [7, 11) is 1.71. The van der Waals surface area contributed by atoms with Gasteiger partial charge in [0.1, 0.15) is 5.75 Å². The van der Waals surface area contributed by atoms with E-state index in [1.54, 1.807) is 7.11 Å². The normalized spacial score (nSPS) is 25.3. The van der Waals surface area contributed by atoms with Crippen LogP contribution in [-0.2, 0) is 0 Å². The highest BCUT2D eigenvalue weighted by molar-refractivity contribution is 5.29. The fraction of sp³-hybridized carbons (Fsp3) is 0.647.